The minimum Gasteiger partial charge on any atom is -0.457 e. The Bertz CT molecular complexity index is 2000. The molecule has 0 bridgehead atoms. The Hall–Kier alpha value is -5.09. The van der Waals surface area contributed by atoms with Crippen LogP contribution in [0.2, 0.25) is 0 Å². The number of nitrogens with zero attached hydrogens (tertiary/aromatic N) is 2. The topological polar surface area (TPSA) is 27.1 Å². The summed E-state index contributed by atoms with van der Waals surface area (Å²) in [5.41, 5.74) is 9.52. The average Bonchev–Trinajstić information content (AvgIpc) is 3.50. The Morgan fingerprint density at radius 2 is 1.26 bits per heavy atom. The molecule has 1 aliphatic rings. The van der Waals surface area contributed by atoms with Crippen LogP contribution >= 0.6 is 0 Å². The third-order valence-electron chi connectivity index (χ3n) is 7.77. The molecular weight excluding hydrogens is 475 g/mol. The molecule has 7 aromatic rings. The molecule has 182 valence electrons. The fourth-order valence-electron chi connectivity index (χ4n) is 6.12. The van der Waals surface area contributed by atoms with Gasteiger partial charge in [0, 0.05) is 34.3 Å². The molecule has 0 radical (unpaired) electrons. The van der Waals surface area contributed by atoms with E-state index in [1.165, 1.54) is 38.3 Å². The summed E-state index contributed by atoms with van der Waals surface area (Å²) in [4.78, 5) is 4.72. The van der Waals surface area contributed by atoms with Gasteiger partial charge in [-0.3, -0.25) is 4.98 Å². The zero-order chi connectivity index (χ0) is 25.8. The minimum atomic E-state index is 0.0871. The lowest BCUT2D eigenvalue weighted by Crippen LogP contribution is -2.50. The van der Waals surface area contributed by atoms with E-state index in [0.29, 0.717) is 0 Å². The molecular formula is C35H23BN2O. The Labute approximate surface area is 227 Å². The van der Waals surface area contributed by atoms with E-state index < -0.39 is 0 Å². The number of rotatable bonds is 4. The van der Waals surface area contributed by atoms with Crippen LogP contribution in [0.5, 0.6) is 11.5 Å². The first-order valence-electron chi connectivity index (χ1n) is 13.3. The van der Waals surface area contributed by atoms with Crippen molar-refractivity contribution in [1.29, 1.82) is 0 Å². The Morgan fingerprint density at radius 3 is 2.15 bits per heavy atom. The van der Waals surface area contributed by atoms with E-state index >= 15 is 0 Å². The van der Waals surface area contributed by atoms with Gasteiger partial charge in [0.2, 0.25) is 0 Å². The molecule has 2 aromatic heterocycles. The highest BCUT2D eigenvalue weighted by atomic mass is 16.5. The van der Waals surface area contributed by atoms with E-state index in [-0.39, 0.29) is 6.71 Å². The number of pyridine rings is 1. The monoisotopic (exact) mass is 498 g/mol. The maximum atomic E-state index is 6.55. The van der Waals surface area contributed by atoms with E-state index in [2.05, 4.69) is 132 Å². The molecule has 0 fully saturated rings. The number of aromatic nitrogens is 2. The maximum Gasteiger partial charge on any atom is 0.266 e. The standard InChI is InChI=1S/C35H23BN2O/c1-2-10-24(11-3-1)38-33-15-7-5-13-29(33)30-20-18-26(23-34(30)38)39-25-17-19-28-27-12-4-6-14-31(27)36(32(28)22-25)35-16-8-9-21-37-35/h1-23H. The first-order valence-corrected chi connectivity index (χ1v) is 13.3. The number of para-hydroxylation sites is 2. The zero-order valence-electron chi connectivity index (χ0n) is 21.2. The smallest absolute Gasteiger partial charge is 0.266 e. The van der Waals surface area contributed by atoms with Crippen LogP contribution in [-0.4, -0.2) is 16.3 Å². The summed E-state index contributed by atoms with van der Waals surface area (Å²) in [6.07, 6.45) is 1.87. The molecule has 0 N–H and O–H groups in total. The summed E-state index contributed by atoms with van der Waals surface area (Å²) in [6.45, 7) is 0.0871. The maximum absolute atomic E-state index is 6.55. The second-order valence-corrected chi connectivity index (χ2v) is 9.99. The lowest BCUT2D eigenvalue weighted by molar-refractivity contribution is 0.484. The highest BCUT2D eigenvalue weighted by Gasteiger charge is 2.34. The number of benzene rings is 5. The predicted octanol–water partition coefficient (Wildman–Crippen LogP) is 6.47. The largest absolute Gasteiger partial charge is 0.457 e. The van der Waals surface area contributed by atoms with Crippen molar-refractivity contribution in [3.05, 3.63) is 140 Å². The van der Waals surface area contributed by atoms with Crippen LogP contribution in [0.1, 0.15) is 0 Å². The molecule has 4 heteroatoms. The number of hydrogen-bond donors (Lipinski definition) is 0. The Kier molecular flexibility index (Phi) is 4.92. The highest BCUT2D eigenvalue weighted by Crippen LogP contribution is 2.35. The van der Waals surface area contributed by atoms with Crippen molar-refractivity contribution < 1.29 is 4.74 Å². The SMILES string of the molecule is c1ccc(-n2c3ccccc3c3ccc(Oc4ccc5c(c4)B(c4ccccn4)c4ccccc4-5)cc32)cc1. The van der Waals surface area contributed by atoms with Crippen LogP contribution in [0, 0.1) is 0 Å². The third kappa shape index (κ3) is 3.49. The second-order valence-electron chi connectivity index (χ2n) is 9.99. The van der Waals surface area contributed by atoms with Gasteiger partial charge in [-0.1, -0.05) is 83.7 Å². The van der Waals surface area contributed by atoms with Gasteiger partial charge in [0.1, 0.15) is 11.5 Å². The molecule has 1 aliphatic heterocycles. The van der Waals surface area contributed by atoms with Gasteiger partial charge >= 0.3 is 0 Å². The molecule has 0 saturated heterocycles. The summed E-state index contributed by atoms with van der Waals surface area (Å²) in [5.74, 6) is 1.64. The van der Waals surface area contributed by atoms with Crippen LogP contribution in [-0.2, 0) is 0 Å². The molecule has 39 heavy (non-hydrogen) atoms. The fourth-order valence-corrected chi connectivity index (χ4v) is 6.12. The van der Waals surface area contributed by atoms with E-state index in [1.807, 2.05) is 12.3 Å². The van der Waals surface area contributed by atoms with Gasteiger partial charge in [-0.05, 0) is 65.7 Å². The fraction of sp³-hybridized carbons (Fsp3) is 0. The predicted molar refractivity (Wildman–Crippen MR) is 162 cm³/mol. The van der Waals surface area contributed by atoms with Gasteiger partial charge in [0.05, 0.1) is 11.0 Å². The summed E-state index contributed by atoms with van der Waals surface area (Å²) in [5, 5.41) is 2.44. The summed E-state index contributed by atoms with van der Waals surface area (Å²) < 4.78 is 8.86. The molecule has 0 saturated carbocycles. The van der Waals surface area contributed by atoms with E-state index in [0.717, 1.165) is 28.3 Å². The van der Waals surface area contributed by atoms with Crippen molar-refractivity contribution in [2.24, 2.45) is 0 Å². The van der Waals surface area contributed by atoms with Gasteiger partial charge < -0.3 is 9.30 Å². The number of ether oxygens (including phenoxy) is 1. The van der Waals surface area contributed by atoms with E-state index in [1.54, 1.807) is 0 Å². The lowest BCUT2D eigenvalue weighted by Gasteiger charge is -2.12. The summed E-state index contributed by atoms with van der Waals surface area (Å²) >= 11 is 0. The number of fused-ring (bicyclic) bond motifs is 6. The molecule has 0 amide bonds. The summed E-state index contributed by atoms with van der Waals surface area (Å²) in [7, 11) is 0. The second kappa shape index (κ2) is 8.75. The van der Waals surface area contributed by atoms with E-state index in [9.17, 15) is 0 Å². The first kappa shape index (κ1) is 21.9. The first-order chi connectivity index (χ1) is 19.3. The molecule has 0 aliphatic carbocycles. The molecule has 3 heterocycles. The van der Waals surface area contributed by atoms with Crippen molar-refractivity contribution in [2.75, 3.05) is 0 Å². The molecule has 8 rings (SSSR count). The average molecular weight is 498 g/mol. The number of hydrogen-bond acceptors (Lipinski definition) is 2. The third-order valence-corrected chi connectivity index (χ3v) is 7.77. The molecule has 0 atom stereocenters. The van der Waals surface area contributed by atoms with Crippen LogP contribution in [0.15, 0.2) is 140 Å². The van der Waals surface area contributed by atoms with Gasteiger partial charge in [0.25, 0.3) is 6.71 Å². The van der Waals surface area contributed by atoms with Crippen LogP contribution < -0.4 is 21.3 Å². The van der Waals surface area contributed by atoms with Gasteiger partial charge in [-0.15, -0.1) is 0 Å². The molecule has 0 spiro atoms. The van der Waals surface area contributed by atoms with Crippen molar-refractivity contribution in [3.63, 3.8) is 0 Å². The zero-order valence-corrected chi connectivity index (χ0v) is 21.2. The van der Waals surface area contributed by atoms with Crippen LogP contribution in [0.25, 0.3) is 38.6 Å². The van der Waals surface area contributed by atoms with Crippen molar-refractivity contribution >= 4 is 45.0 Å². The van der Waals surface area contributed by atoms with E-state index in [4.69, 9.17) is 9.72 Å². The van der Waals surface area contributed by atoms with Gasteiger partial charge in [-0.2, -0.15) is 0 Å². The minimum absolute atomic E-state index is 0.0871. The molecule has 3 nitrogen and oxygen atoms in total. The molecule has 5 aromatic carbocycles. The Balaban J connectivity index is 1.24. The van der Waals surface area contributed by atoms with Crippen LogP contribution in [0.3, 0.4) is 0 Å². The van der Waals surface area contributed by atoms with Crippen molar-refractivity contribution in [3.8, 4) is 28.3 Å². The lowest BCUT2D eigenvalue weighted by atomic mass is 9.40. The van der Waals surface area contributed by atoms with Crippen molar-refractivity contribution in [1.82, 2.24) is 9.55 Å². The quantitative estimate of drug-likeness (QED) is 0.260. The summed E-state index contributed by atoms with van der Waals surface area (Å²) in [6, 6.07) is 46.7. The normalized spacial score (nSPS) is 12.1. The highest BCUT2D eigenvalue weighted by molar-refractivity contribution is 6.98. The van der Waals surface area contributed by atoms with Crippen LogP contribution in [0.4, 0.5) is 0 Å². The van der Waals surface area contributed by atoms with Gasteiger partial charge in [-0.25, -0.2) is 0 Å². The van der Waals surface area contributed by atoms with Crippen molar-refractivity contribution in [2.45, 2.75) is 0 Å². The Morgan fingerprint density at radius 1 is 0.538 bits per heavy atom. The molecule has 0 unspecified atom stereocenters. The van der Waals surface area contributed by atoms with Gasteiger partial charge in [0.15, 0.2) is 0 Å².